The number of pyridine rings is 2. The number of benzene rings is 6. The molecule has 0 saturated heterocycles. The summed E-state index contributed by atoms with van der Waals surface area (Å²) in [6.07, 6.45) is 3.91. The van der Waals surface area contributed by atoms with Gasteiger partial charge >= 0.3 is 0 Å². The Bertz CT molecular complexity index is 2440. The summed E-state index contributed by atoms with van der Waals surface area (Å²) in [5.41, 5.74) is 21.1. The number of hydrogen-bond donors (Lipinski definition) is 0. The fourth-order valence-electron chi connectivity index (χ4n) is 7.99. The lowest BCUT2D eigenvalue weighted by Gasteiger charge is -2.24. The highest BCUT2D eigenvalue weighted by Crippen LogP contribution is 2.25. The zero-order chi connectivity index (χ0) is 39.2. The van der Waals surface area contributed by atoms with Crippen molar-refractivity contribution < 1.29 is 0 Å². The van der Waals surface area contributed by atoms with Crippen molar-refractivity contribution >= 4 is 39.0 Å². The van der Waals surface area contributed by atoms with Crippen molar-refractivity contribution in [2.45, 2.75) is 41.5 Å². The third-order valence-corrected chi connectivity index (χ3v) is 10.9. The number of halogens is 1. The van der Waals surface area contributed by atoms with Gasteiger partial charge in [0, 0.05) is 28.0 Å². The van der Waals surface area contributed by atoms with Crippen LogP contribution in [0.15, 0.2) is 175 Å². The molecule has 274 valence electrons. The Labute approximate surface area is 341 Å². The minimum Gasteiger partial charge on any atom is -0.257 e. The van der Waals surface area contributed by atoms with E-state index < -0.39 is 0 Å². The second-order valence-corrected chi connectivity index (χ2v) is 15.7. The Morgan fingerprint density at radius 2 is 0.732 bits per heavy atom. The lowest BCUT2D eigenvalue weighted by atomic mass is 9.34. The molecule has 0 saturated carbocycles. The smallest absolute Gasteiger partial charge is 0.244 e. The topological polar surface area (TPSA) is 25.8 Å². The third kappa shape index (κ3) is 8.83. The molecule has 8 aromatic rings. The van der Waals surface area contributed by atoms with E-state index in [-0.39, 0.29) is 6.71 Å². The van der Waals surface area contributed by atoms with Crippen molar-refractivity contribution in [3.63, 3.8) is 0 Å². The summed E-state index contributed by atoms with van der Waals surface area (Å²) in [6, 6.07) is 55.8. The molecular formula is C52H46BBrN2. The van der Waals surface area contributed by atoms with Crippen LogP contribution in [0.2, 0.25) is 0 Å². The molecule has 0 aliphatic carbocycles. The molecule has 6 aromatic carbocycles. The SMILES string of the molecule is Brc1ccc(-c2ccc(-c3ccccc3)cc2)nc1.Cc1cc(C)c(B(c2ccc(-c3ccc(-c4ccccc4)cc3)nc2)c2c(C)cc(C)cc2C)c(C)c1. The van der Waals surface area contributed by atoms with Crippen LogP contribution in [0.25, 0.3) is 44.8 Å². The first kappa shape index (κ1) is 38.4. The molecule has 2 aromatic heterocycles. The summed E-state index contributed by atoms with van der Waals surface area (Å²) in [4.78, 5) is 9.38. The van der Waals surface area contributed by atoms with Crippen molar-refractivity contribution in [1.82, 2.24) is 9.97 Å². The van der Waals surface area contributed by atoms with Crippen molar-refractivity contribution in [3.05, 3.63) is 208 Å². The number of nitrogens with zero attached hydrogens (tertiary/aromatic N) is 2. The molecule has 0 bridgehead atoms. The summed E-state index contributed by atoms with van der Waals surface area (Å²) in [5.74, 6) is 0. The molecule has 56 heavy (non-hydrogen) atoms. The Kier molecular flexibility index (Phi) is 11.9. The number of aryl methyl sites for hydroxylation is 6. The maximum Gasteiger partial charge on any atom is 0.244 e. The predicted octanol–water partition coefficient (Wildman–Crippen LogP) is 12.0. The standard InChI is InChI=1S/C35H34BN.C17H12BrN/c1-23-18-25(3)34(26(4)19-23)36(35-27(5)20-24(2)21-28(35)6)32-16-17-33(37-22-32)31-14-12-30(13-15-31)29-10-8-7-9-11-29;18-16-10-11-17(19-12-16)15-8-6-14(7-9-15)13-4-2-1-3-5-13/h7-22H,1-6H3;1-12H. The molecular weight excluding hydrogens is 743 g/mol. The van der Waals surface area contributed by atoms with Gasteiger partial charge in [0.1, 0.15) is 0 Å². The van der Waals surface area contributed by atoms with Crippen LogP contribution in [-0.2, 0) is 0 Å². The Balaban J connectivity index is 0.000000211. The molecule has 0 aliphatic heterocycles. The van der Waals surface area contributed by atoms with E-state index in [1.165, 1.54) is 72.0 Å². The van der Waals surface area contributed by atoms with Crippen LogP contribution in [0.4, 0.5) is 0 Å². The molecule has 0 radical (unpaired) electrons. The first-order valence-electron chi connectivity index (χ1n) is 19.2. The van der Waals surface area contributed by atoms with Gasteiger partial charge < -0.3 is 0 Å². The molecule has 2 nitrogen and oxygen atoms in total. The van der Waals surface area contributed by atoms with Gasteiger partial charge in [-0.05, 0) is 97.9 Å². The molecule has 0 spiro atoms. The maximum absolute atomic E-state index is 4.98. The first-order valence-corrected chi connectivity index (χ1v) is 20.0. The van der Waals surface area contributed by atoms with Crippen LogP contribution >= 0.6 is 15.9 Å². The van der Waals surface area contributed by atoms with Crippen molar-refractivity contribution in [2.75, 3.05) is 0 Å². The highest BCUT2D eigenvalue weighted by atomic mass is 79.9. The van der Waals surface area contributed by atoms with Crippen LogP contribution in [0.1, 0.15) is 33.4 Å². The van der Waals surface area contributed by atoms with Crippen LogP contribution in [0, 0.1) is 41.5 Å². The van der Waals surface area contributed by atoms with E-state index in [0.717, 1.165) is 27.0 Å². The molecule has 0 N–H and O–H groups in total. The first-order chi connectivity index (χ1) is 27.1. The van der Waals surface area contributed by atoms with Gasteiger partial charge in [0.15, 0.2) is 0 Å². The van der Waals surface area contributed by atoms with Crippen molar-refractivity contribution in [1.29, 1.82) is 0 Å². The largest absolute Gasteiger partial charge is 0.257 e. The fourth-order valence-corrected chi connectivity index (χ4v) is 8.23. The average molecular weight is 790 g/mol. The summed E-state index contributed by atoms with van der Waals surface area (Å²) in [6.45, 7) is 13.5. The quantitative estimate of drug-likeness (QED) is 0.150. The zero-order valence-corrected chi connectivity index (χ0v) is 34.6. The Hall–Kier alpha value is -5.84. The molecule has 0 fully saturated rings. The molecule has 0 unspecified atom stereocenters. The van der Waals surface area contributed by atoms with E-state index in [2.05, 4.69) is 208 Å². The molecule has 0 atom stereocenters. The van der Waals surface area contributed by atoms with Gasteiger partial charge in [-0.2, -0.15) is 0 Å². The third-order valence-electron chi connectivity index (χ3n) is 10.5. The lowest BCUT2D eigenvalue weighted by molar-refractivity contribution is 1.31. The van der Waals surface area contributed by atoms with E-state index in [9.17, 15) is 0 Å². The maximum atomic E-state index is 4.98. The molecule has 2 heterocycles. The normalized spacial score (nSPS) is 10.8. The lowest BCUT2D eigenvalue weighted by Crippen LogP contribution is -2.56. The van der Waals surface area contributed by atoms with Crippen LogP contribution < -0.4 is 16.4 Å². The predicted molar refractivity (Wildman–Crippen MR) is 244 cm³/mol. The highest BCUT2D eigenvalue weighted by Gasteiger charge is 2.28. The molecule has 0 aliphatic rings. The number of aromatic nitrogens is 2. The van der Waals surface area contributed by atoms with E-state index in [1.807, 2.05) is 24.4 Å². The van der Waals surface area contributed by atoms with Crippen LogP contribution in [-0.4, -0.2) is 16.7 Å². The molecule has 4 heteroatoms. The van der Waals surface area contributed by atoms with Crippen LogP contribution in [0.3, 0.4) is 0 Å². The van der Waals surface area contributed by atoms with Gasteiger partial charge in [0.05, 0.1) is 11.4 Å². The number of hydrogen-bond acceptors (Lipinski definition) is 2. The van der Waals surface area contributed by atoms with Crippen LogP contribution in [0.5, 0.6) is 0 Å². The van der Waals surface area contributed by atoms with Crippen molar-refractivity contribution in [3.8, 4) is 44.8 Å². The second-order valence-electron chi connectivity index (χ2n) is 14.8. The fraction of sp³-hybridized carbons (Fsp3) is 0.115. The molecule has 0 amide bonds. The van der Waals surface area contributed by atoms with E-state index in [4.69, 9.17) is 4.98 Å². The van der Waals surface area contributed by atoms with E-state index in [0.29, 0.717) is 0 Å². The number of rotatable bonds is 7. The minimum absolute atomic E-state index is 0.142. The summed E-state index contributed by atoms with van der Waals surface area (Å²) in [5, 5.41) is 0. The van der Waals surface area contributed by atoms with Gasteiger partial charge in [-0.25, -0.2) is 0 Å². The summed E-state index contributed by atoms with van der Waals surface area (Å²) in [7, 11) is 0. The van der Waals surface area contributed by atoms with Crippen molar-refractivity contribution in [2.24, 2.45) is 0 Å². The second kappa shape index (κ2) is 17.3. The van der Waals surface area contributed by atoms with E-state index in [1.54, 1.807) is 0 Å². The minimum atomic E-state index is 0.142. The average Bonchev–Trinajstić information content (AvgIpc) is 3.21. The summed E-state index contributed by atoms with van der Waals surface area (Å²) < 4.78 is 0.997. The van der Waals surface area contributed by atoms with Gasteiger partial charge in [0.25, 0.3) is 0 Å². The van der Waals surface area contributed by atoms with Gasteiger partial charge in [-0.1, -0.05) is 189 Å². The Morgan fingerprint density at radius 3 is 1.09 bits per heavy atom. The summed E-state index contributed by atoms with van der Waals surface area (Å²) >= 11 is 3.40. The van der Waals surface area contributed by atoms with Gasteiger partial charge in [-0.15, -0.1) is 0 Å². The Morgan fingerprint density at radius 1 is 0.375 bits per heavy atom. The monoisotopic (exact) mass is 788 g/mol. The molecule has 8 rings (SSSR count). The van der Waals surface area contributed by atoms with E-state index >= 15 is 0 Å². The highest BCUT2D eigenvalue weighted by molar-refractivity contribution is 9.10. The van der Waals surface area contributed by atoms with Gasteiger partial charge in [0.2, 0.25) is 6.71 Å². The zero-order valence-electron chi connectivity index (χ0n) is 33.0. The van der Waals surface area contributed by atoms with Gasteiger partial charge in [-0.3, -0.25) is 9.97 Å².